The Hall–Kier alpha value is -0.0600. The summed E-state index contributed by atoms with van der Waals surface area (Å²) in [6, 6.07) is 7.57. The molecule has 2 unspecified atom stereocenters. The topological polar surface area (TPSA) is 15.3 Å². The van der Waals surface area contributed by atoms with Gasteiger partial charge >= 0.3 is 0 Å². The molecule has 1 N–H and O–H groups in total. The minimum absolute atomic E-state index is 0.547. The first kappa shape index (κ1) is 15.3. The molecule has 0 bridgehead atoms. The zero-order chi connectivity index (χ0) is 13.8. The summed E-state index contributed by atoms with van der Waals surface area (Å²) in [6.07, 6.45) is 6.61. The molecule has 1 fully saturated rings. The molecule has 0 heterocycles. The molecule has 19 heavy (non-hydrogen) atoms. The molecule has 2 rings (SSSR count). The van der Waals surface area contributed by atoms with Gasteiger partial charge in [0.1, 0.15) is 0 Å². The largest absolute Gasteiger partial charge is 0.381 e. The van der Waals surface area contributed by atoms with Crippen LogP contribution in [0.1, 0.15) is 32.1 Å². The van der Waals surface area contributed by atoms with Crippen LogP contribution in [0.2, 0.25) is 0 Å². The summed E-state index contributed by atoms with van der Waals surface area (Å²) in [5, 5.41) is 3.73. The van der Waals surface area contributed by atoms with E-state index in [1.165, 1.54) is 37.8 Å². The molecule has 2 atom stereocenters. The number of anilines is 1. The van der Waals surface area contributed by atoms with Gasteiger partial charge in [0, 0.05) is 26.7 Å². The van der Waals surface area contributed by atoms with Gasteiger partial charge in [-0.3, -0.25) is 0 Å². The van der Waals surface area contributed by atoms with Gasteiger partial charge in [-0.1, -0.05) is 19.3 Å². The number of halogens is 2. The minimum atomic E-state index is 0.547. The smallest absolute Gasteiger partial charge is 0.0416 e. The maximum absolute atomic E-state index is 3.73. The van der Waals surface area contributed by atoms with Crippen molar-refractivity contribution in [3.63, 3.8) is 0 Å². The summed E-state index contributed by atoms with van der Waals surface area (Å²) in [5.41, 5.74) is 1.20. The molecule has 2 nitrogen and oxygen atoms in total. The number of likely N-dealkylation sites (N-methyl/N-ethyl adjacent to an activating group) is 1. The minimum Gasteiger partial charge on any atom is -0.381 e. The normalized spacial score (nSPS) is 24.3. The van der Waals surface area contributed by atoms with Crippen LogP contribution in [-0.4, -0.2) is 31.1 Å². The van der Waals surface area contributed by atoms with Crippen LogP contribution in [0.5, 0.6) is 0 Å². The van der Waals surface area contributed by atoms with Gasteiger partial charge in [0.2, 0.25) is 0 Å². The number of nitrogens with zero attached hydrogens (tertiary/aromatic N) is 1. The van der Waals surface area contributed by atoms with E-state index in [0.29, 0.717) is 12.1 Å². The predicted molar refractivity (Wildman–Crippen MR) is 89.8 cm³/mol. The second kappa shape index (κ2) is 7.09. The summed E-state index contributed by atoms with van der Waals surface area (Å²) < 4.78 is 2.20. The molecule has 1 aliphatic carbocycles. The molecule has 0 amide bonds. The van der Waals surface area contributed by atoms with E-state index in [1.807, 2.05) is 0 Å². The second-order valence-corrected chi connectivity index (χ2v) is 7.26. The van der Waals surface area contributed by atoms with Crippen molar-refractivity contribution in [1.82, 2.24) is 4.90 Å². The van der Waals surface area contributed by atoms with Crippen LogP contribution in [0.3, 0.4) is 0 Å². The lowest BCUT2D eigenvalue weighted by atomic mass is 10.0. The van der Waals surface area contributed by atoms with E-state index < -0.39 is 0 Å². The molecule has 0 saturated heterocycles. The quantitative estimate of drug-likeness (QED) is 0.740. The van der Waals surface area contributed by atoms with Crippen molar-refractivity contribution in [3.05, 3.63) is 27.1 Å². The lowest BCUT2D eigenvalue weighted by Gasteiger charge is -2.32. The molecule has 1 saturated carbocycles. The Morgan fingerprint density at radius 1 is 1.05 bits per heavy atom. The first-order valence-electron chi connectivity index (χ1n) is 6.96. The highest BCUT2D eigenvalue weighted by Crippen LogP contribution is 2.29. The Bertz CT molecular complexity index is 421. The summed E-state index contributed by atoms with van der Waals surface area (Å²) in [4.78, 5) is 2.37. The van der Waals surface area contributed by atoms with Crippen molar-refractivity contribution in [2.45, 2.75) is 44.2 Å². The maximum Gasteiger partial charge on any atom is 0.0416 e. The highest BCUT2D eigenvalue weighted by Gasteiger charge is 2.25. The van der Waals surface area contributed by atoms with Gasteiger partial charge in [0.05, 0.1) is 0 Å². The molecule has 106 valence electrons. The van der Waals surface area contributed by atoms with Crippen LogP contribution in [0, 0.1) is 0 Å². The van der Waals surface area contributed by atoms with E-state index >= 15 is 0 Å². The fourth-order valence-electron chi connectivity index (χ4n) is 2.87. The van der Waals surface area contributed by atoms with Crippen molar-refractivity contribution < 1.29 is 0 Å². The summed E-state index contributed by atoms with van der Waals surface area (Å²) in [5.74, 6) is 0. The van der Waals surface area contributed by atoms with Gasteiger partial charge in [-0.2, -0.15) is 0 Å². The lowest BCUT2D eigenvalue weighted by molar-refractivity contribution is 0.251. The Kier molecular flexibility index (Phi) is 5.72. The first-order valence-corrected chi connectivity index (χ1v) is 8.54. The standard InChI is InChI=1S/C15H22Br2N2/c1-19(2)15-7-5-3-4-6-14(15)18-11-8-9-12(16)13(17)10-11/h8-10,14-15,18H,3-7H2,1-2H3. The van der Waals surface area contributed by atoms with E-state index in [9.17, 15) is 0 Å². The fraction of sp³-hybridized carbons (Fsp3) is 0.600. The van der Waals surface area contributed by atoms with Crippen molar-refractivity contribution in [3.8, 4) is 0 Å². The van der Waals surface area contributed by atoms with Crippen molar-refractivity contribution in [2.24, 2.45) is 0 Å². The zero-order valence-corrected chi connectivity index (χ0v) is 14.8. The number of rotatable bonds is 3. The Morgan fingerprint density at radius 2 is 1.79 bits per heavy atom. The average molecular weight is 390 g/mol. The van der Waals surface area contributed by atoms with E-state index in [4.69, 9.17) is 0 Å². The number of hydrogen-bond acceptors (Lipinski definition) is 2. The molecule has 1 aromatic carbocycles. The van der Waals surface area contributed by atoms with Crippen LogP contribution in [0.15, 0.2) is 27.1 Å². The molecule has 0 spiro atoms. The highest BCUT2D eigenvalue weighted by atomic mass is 79.9. The predicted octanol–water partition coefficient (Wildman–Crippen LogP) is 4.89. The molecular formula is C15H22Br2N2. The SMILES string of the molecule is CN(C)C1CCCCCC1Nc1ccc(Br)c(Br)c1. The number of benzene rings is 1. The van der Waals surface area contributed by atoms with Gasteiger partial charge in [-0.15, -0.1) is 0 Å². The maximum atomic E-state index is 3.73. The van der Waals surface area contributed by atoms with E-state index in [1.54, 1.807) is 0 Å². The van der Waals surface area contributed by atoms with Gasteiger partial charge in [-0.25, -0.2) is 0 Å². The first-order chi connectivity index (χ1) is 9.08. The average Bonchev–Trinajstić information content (AvgIpc) is 2.59. The summed E-state index contributed by atoms with van der Waals surface area (Å²) in [6.45, 7) is 0. The van der Waals surface area contributed by atoms with Crippen molar-refractivity contribution >= 4 is 37.5 Å². The molecule has 1 aromatic rings. The second-order valence-electron chi connectivity index (χ2n) is 5.55. The Morgan fingerprint density at radius 3 is 2.47 bits per heavy atom. The lowest BCUT2D eigenvalue weighted by Crippen LogP contribution is -2.42. The molecule has 0 aliphatic heterocycles. The summed E-state index contributed by atoms with van der Waals surface area (Å²) >= 11 is 7.09. The Balaban J connectivity index is 2.11. The van der Waals surface area contributed by atoms with Gasteiger partial charge in [0.25, 0.3) is 0 Å². The third-order valence-corrected chi connectivity index (χ3v) is 5.79. The van der Waals surface area contributed by atoms with E-state index in [-0.39, 0.29) is 0 Å². The Labute approximate surface area is 133 Å². The fourth-order valence-corrected chi connectivity index (χ4v) is 3.50. The van der Waals surface area contributed by atoms with Crippen LogP contribution >= 0.6 is 31.9 Å². The monoisotopic (exact) mass is 388 g/mol. The van der Waals surface area contributed by atoms with Crippen LogP contribution < -0.4 is 5.32 Å². The molecule has 1 aliphatic rings. The number of hydrogen-bond donors (Lipinski definition) is 1. The van der Waals surface area contributed by atoms with Crippen LogP contribution in [0.4, 0.5) is 5.69 Å². The summed E-state index contributed by atoms with van der Waals surface area (Å²) in [7, 11) is 4.39. The van der Waals surface area contributed by atoms with Crippen molar-refractivity contribution in [2.75, 3.05) is 19.4 Å². The van der Waals surface area contributed by atoms with Gasteiger partial charge in [0.15, 0.2) is 0 Å². The zero-order valence-electron chi connectivity index (χ0n) is 11.6. The van der Waals surface area contributed by atoms with E-state index in [0.717, 1.165) is 8.95 Å². The van der Waals surface area contributed by atoms with Crippen molar-refractivity contribution in [1.29, 1.82) is 0 Å². The van der Waals surface area contributed by atoms with E-state index in [2.05, 4.69) is 74.4 Å². The van der Waals surface area contributed by atoms with Gasteiger partial charge < -0.3 is 10.2 Å². The van der Waals surface area contributed by atoms with Crippen LogP contribution in [0.25, 0.3) is 0 Å². The third-order valence-electron chi connectivity index (χ3n) is 3.91. The third kappa shape index (κ3) is 4.20. The highest BCUT2D eigenvalue weighted by molar-refractivity contribution is 9.13. The molecule has 4 heteroatoms. The number of nitrogens with one attached hydrogen (secondary N) is 1. The molecular weight excluding hydrogens is 368 g/mol. The van der Waals surface area contributed by atoms with Crippen LogP contribution in [-0.2, 0) is 0 Å². The molecule has 0 aromatic heterocycles. The molecule has 0 radical (unpaired) electrons. The van der Waals surface area contributed by atoms with Gasteiger partial charge in [-0.05, 0) is 77.0 Å².